The molecule has 2 aromatic heterocycles. The lowest BCUT2D eigenvalue weighted by Gasteiger charge is -2.16. The first-order valence-electron chi connectivity index (χ1n) is 6.54. The van der Waals surface area contributed by atoms with Crippen molar-refractivity contribution in [3.8, 4) is 0 Å². The van der Waals surface area contributed by atoms with Crippen LogP contribution < -0.4 is 11.1 Å². The molecule has 1 atom stereocenters. The Morgan fingerprint density at radius 1 is 1.50 bits per heavy atom. The van der Waals surface area contributed by atoms with Gasteiger partial charge in [-0.3, -0.25) is 9.20 Å². The van der Waals surface area contributed by atoms with Gasteiger partial charge in [-0.2, -0.15) is 11.8 Å². The van der Waals surface area contributed by atoms with Crippen LogP contribution in [0.15, 0.2) is 24.4 Å². The molecule has 2 aromatic rings. The van der Waals surface area contributed by atoms with Gasteiger partial charge in [0.25, 0.3) is 0 Å². The molecule has 2 rings (SSSR count). The minimum atomic E-state index is -0.140. The normalized spacial score (nSPS) is 12.5. The summed E-state index contributed by atoms with van der Waals surface area (Å²) in [7, 11) is 0. The van der Waals surface area contributed by atoms with Crippen molar-refractivity contribution < 1.29 is 4.79 Å². The van der Waals surface area contributed by atoms with Crippen LogP contribution in [0, 0.1) is 0 Å². The summed E-state index contributed by atoms with van der Waals surface area (Å²) in [6.07, 6.45) is 5.09. The highest BCUT2D eigenvalue weighted by Crippen LogP contribution is 2.18. The Labute approximate surface area is 122 Å². The number of carbonyl (C=O) groups is 1. The van der Waals surface area contributed by atoms with Crippen LogP contribution in [0.25, 0.3) is 5.65 Å². The molecule has 1 unspecified atom stereocenters. The molecule has 0 aromatic carbocycles. The minimum Gasteiger partial charge on any atom is -0.346 e. The molecule has 0 aliphatic heterocycles. The van der Waals surface area contributed by atoms with Gasteiger partial charge in [0.1, 0.15) is 0 Å². The topological polar surface area (TPSA) is 85.3 Å². The second-order valence-corrected chi connectivity index (χ2v) is 5.41. The Hall–Kier alpha value is -1.60. The average molecular weight is 293 g/mol. The Balaban J connectivity index is 2.23. The van der Waals surface area contributed by atoms with Gasteiger partial charge in [0.15, 0.2) is 11.5 Å². The molecule has 0 radical (unpaired) electrons. The van der Waals surface area contributed by atoms with E-state index in [2.05, 4.69) is 15.5 Å². The van der Waals surface area contributed by atoms with E-state index >= 15 is 0 Å². The van der Waals surface area contributed by atoms with Crippen LogP contribution in [0.2, 0.25) is 0 Å². The van der Waals surface area contributed by atoms with Crippen molar-refractivity contribution in [1.82, 2.24) is 19.9 Å². The highest BCUT2D eigenvalue weighted by molar-refractivity contribution is 7.98. The number of nitrogens with one attached hydrogen (secondary N) is 1. The van der Waals surface area contributed by atoms with E-state index in [-0.39, 0.29) is 11.9 Å². The fourth-order valence-electron chi connectivity index (χ4n) is 2.00. The summed E-state index contributed by atoms with van der Waals surface area (Å²) in [4.78, 5) is 11.8. The van der Waals surface area contributed by atoms with E-state index in [9.17, 15) is 4.79 Å². The van der Waals surface area contributed by atoms with Crippen molar-refractivity contribution in [2.24, 2.45) is 5.73 Å². The van der Waals surface area contributed by atoms with Gasteiger partial charge < -0.3 is 11.1 Å². The number of carbonyl (C=O) groups excluding carboxylic acids is 1. The lowest BCUT2D eigenvalue weighted by molar-refractivity contribution is -0.121. The van der Waals surface area contributed by atoms with Gasteiger partial charge >= 0.3 is 0 Å². The molecule has 1 amide bonds. The number of hydrogen-bond donors (Lipinski definition) is 2. The predicted molar refractivity (Wildman–Crippen MR) is 80.5 cm³/mol. The second kappa shape index (κ2) is 7.25. The number of aromatic nitrogens is 3. The van der Waals surface area contributed by atoms with Crippen molar-refractivity contribution in [2.75, 3.05) is 18.6 Å². The predicted octanol–water partition coefficient (Wildman–Crippen LogP) is 0.988. The molecule has 0 spiro atoms. The van der Waals surface area contributed by atoms with Crippen molar-refractivity contribution in [3.05, 3.63) is 30.2 Å². The van der Waals surface area contributed by atoms with Crippen LogP contribution in [-0.2, 0) is 4.79 Å². The van der Waals surface area contributed by atoms with E-state index in [4.69, 9.17) is 5.73 Å². The standard InChI is InChI=1S/C13H19N5OS/c1-20-9-6-10(15-12(19)5-7-14)13-17-16-11-4-2-3-8-18(11)13/h2-4,8,10H,5-7,9,14H2,1H3,(H,15,19). The van der Waals surface area contributed by atoms with Gasteiger partial charge in [-0.05, 0) is 30.6 Å². The summed E-state index contributed by atoms with van der Waals surface area (Å²) < 4.78 is 1.91. The molecular weight excluding hydrogens is 274 g/mol. The Kier molecular flexibility index (Phi) is 5.37. The smallest absolute Gasteiger partial charge is 0.221 e. The SMILES string of the molecule is CSCCC(NC(=O)CCN)c1nnc2ccccn12. The third-order valence-electron chi connectivity index (χ3n) is 2.97. The molecule has 0 aliphatic carbocycles. The number of hydrogen-bond acceptors (Lipinski definition) is 5. The van der Waals surface area contributed by atoms with Gasteiger partial charge in [-0.1, -0.05) is 6.07 Å². The molecule has 0 bridgehead atoms. The zero-order valence-corrected chi connectivity index (χ0v) is 12.3. The number of nitrogens with two attached hydrogens (primary N) is 1. The lowest BCUT2D eigenvalue weighted by atomic mass is 10.2. The molecule has 108 valence electrons. The van der Waals surface area contributed by atoms with E-state index in [1.807, 2.05) is 35.1 Å². The summed E-state index contributed by atoms with van der Waals surface area (Å²) in [5.74, 6) is 1.65. The molecule has 2 heterocycles. The Morgan fingerprint density at radius 2 is 2.35 bits per heavy atom. The number of rotatable bonds is 7. The van der Waals surface area contributed by atoms with Gasteiger partial charge in [0, 0.05) is 19.2 Å². The molecule has 0 aliphatic rings. The quantitative estimate of drug-likeness (QED) is 0.795. The summed E-state index contributed by atoms with van der Waals surface area (Å²) in [5, 5.41) is 11.3. The van der Waals surface area contributed by atoms with Crippen molar-refractivity contribution in [2.45, 2.75) is 18.9 Å². The minimum absolute atomic E-state index is 0.0497. The van der Waals surface area contributed by atoms with Gasteiger partial charge in [0.05, 0.1) is 6.04 Å². The summed E-state index contributed by atoms with van der Waals surface area (Å²) in [5.41, 5.74) is 6.20. The van der Waals surface area contributed by atoms with E-state index < -0.39 is 0 Å². The van der Waals surface area contributed by atoms with Gasteiger partial charge in [-0.25, -0.2) is 0 Å². The van der Waals surface area contributed by atoms with Crippen LogP contribution >= 0.6 is 11.8 Å². The average Bonchev–Trinajstić information content (AvgIpc) is 2.87. The zero-order chi connectivity index (χ0) is 14.4. The lowest BCUT2D eigenvalue weighted by Crippen LogP contribution is -2.31. The second-order valence-electron chi connectivity index (χ2n) is 4.43. The first-order valence-corrected chi connectivity index (χ1v) is 7.93. The van der Waals surface area contributed by atoms with Crippen LogP contribution in [0.4, 0.5) is 0 Å². The van der Waals surface area contributed by atoms with Crippen molar-refractivity contribution >= 4 is 23.3 Å². The number of nitrogens with zero attached hydrogens (tertiary/aromatic N) is 3. The molecule has 7 heteroatoms. The van der Waals surface area contributed by atoms with E-state index in [0.717, 1.165) is 23.6 Å². The van der Waals surface area contributed by atoms with Crippen LogP contribution in [-0.4, -0.2) is 39.1 Å². The van der Waals surface area contributed by atoms with Gasteiger partial charge in [-0.15, -0.1) is 10.2 Å². The molecule has 0 fully saturated rings. The maximum Gasteiger partial charge on any atom is 0.221 e. The molecule has 6 nitrogen and oxygen atoms in total. The first kappa shape index (κ1) is 14.8. The number of fused-ring (bicyclic) bond motifs is 1. The highest BCUT2D eigenvalue weighted by Gasteiger charge is 2.19. The molecule has 0 saturated carbocycles. The number of pyridine rings is 1. The van der Waals surface area contributed by atoms with Crippen LogP contribution in [0.5, 0.6) is 0 Å². The molecule has 20 heavy (non-hydrogen) atoms. The van der Waals surface area contributed by atoms with Gasteiger partial charge in [0.2, 0.25) is 5.91 Å². The van der Waals surface area contributed by atoms with E-state index in [1.165, 1.54) is 0 Å². The maximum absolute atomic E-state index is 11.8. The molecule has 0 saturated heterocycles. The largest absolute Gasteiger partial charge is 0.346 e. The zero-order valence-electron chi connectivity index (χ0n) is 11.5. The summed E-state index contributed by atoms with van der Waals surface area (Å²) in [6.45, 7) is 0.349. The van der Waals surface area contributed by atoms with Crippen LogP contribution in [0.1, 0.15) is 24.7 Å². The summed E-state index contributed by atoms with van der Waals surface area (Å²) in [6, 6.07) is 5.59. The van der Waals surface area contributed by atoms with E-state index in [1.54, 1.807) is 11.8 Å². The fraction of sp³-hybridized carbons (Fsp3) is 0.462. The maximum atomic E-state index is 11.8. The Morgan fingerprint density at radius 3 is 3.10 bits per heavy atom. The fourth-order valence-corrected chi connectivity index (χ4v) is 2.47. The van der Waals surface area contributed by atoms with Crippen molar-refractivity contribution in [3.63, 3.8) is 0 Å². The van der Waals surface area contributed by atoms with Crippen molar-refractivity contribution in [1.29, 1.82) is 0 Å². The van der Waals surface area contributed by atoms with Crippen LogP contribution in [0.3, 0.4) is 0 Å². The first-order chi connectivity index (χ1) is 9.76. The third kappa shape index (κ3) is 3.49. The molecular formula is C13H19N5OS. The Bertz CT molecular complexity index is 571. The summed E-state index contributed by atoms with van der Waals surface area (Å²) >= 11 is 1.74. The monoisotopic (exact) mass is 293 g/mol. The molecule has 3 N–H and O–H groups in total. The highest BCUT2D eigenvalue weighted by atomic mass is 32.2. The number of amides is 1. The third-order valence-corrected chi connectivity index (χ3v) is 3.61. The van der Waals surface area contributed by atoms with E-state index in [0.29, 0.717) is 13.0 Å². The number of thioether (sulfide) groups is 1.